The summed E-state index contributed by atoms with van der Waals surface area (Å²) in [6.07, 6.45) is 2.02. The Hall–Kier alpha value is -3.71. The molecule has 0 spiro atoms. The molecule has 1 unspecified atom stereocenters. The van der Waals surface area contributed by atoms with E-state index in [1.807, 2.05) is 61.5 Å². The topological polar surface area (TPSA) is 83.3 Å². The molecule has 0 fully saturated rings. The van der Waals surface area contributed by atoms with Crippen LogP contribution >= 0.6 is 11.6 Å². The number of carbonyl (C=O) groups excluding carboxylic acids is 2. The Morgan fingerprint density at radius 3 is 2.48 bits per heavy atom. The Labute approximate surface area is 195 Å². The Kier molecular flexibility index (Phi) is 6.70. The summed E-state index contributed by atoms with van der Waals surface area (Å²) in [5.74, 6) is 0.483. The zero-order valence-electron chi connectivity index (χ0n) is 18.2. The van der Waals surface area contributed by atoms with E-state index in [9.17, 15) is 9.59 Å². The van der Waals surface area contributed by atoms with Crippen LogP contribution in [-0.4, -0.2) is 33.2 Å². The lowest BCUT2D eigenvalue weighted by atomic mass is 9.98. The molecule has 168 valence electrons. The molecule has 0 aliphatic carbocycles. The molecule has 4 rings (SSSR count). The van der Waals surface area contributed by atoms with Gasteiger partial charge >= 0.3 is 11.3 Å². The van der Waals surface area contributed by atoms with Crippen molar-refractivity contribution in [2.45, 2.75) is 25.9 Å². The summed E-state index contributed by atoms with van der Waals surface area (Å²) in [4.78, 5) is 27.9. The van der Waals surface area contributed by atoms with Gasteiger partial charge in [0.1, 0.15) is 23.6 Å². The molecule has 0 saturated carbocycles. The van der Waals surface area contributed by atoms with Crippen molar-refractivity contribution < 1.29 is 19.1 Å². The summed E-state index contributed by atoms with van der Waals surface area (Å²) in [6.45, 7) is 2.22. The number of nitrogens with zero attached hydrogens (tertiary/aromatic N) is 3. The smallest absolute Gasteiger partial charge is 0.341 e. The Morgan fingerprint density at radius 1 is 1.09 bits per heavy atom. The predicted molar refractivity (Wildman–Crippen MR) is 125 cm³/mol. The summed E-state index contributed by atoms with van der Waals surface area (Å²) in [5, 5.41) is 3.66. The van der Waals surface area contributed by atoms with Crippen LogP contribution in [0.1, 0.15) is 30.4 Å². The molecular weight excluding hydrogens is 442 g/mol. The Balaban J connectivity index is 1.52. The van der Waals surface area contributed by atoms with Crippen molar-refractivity contribution in [2.24, 2.45) is 0 Å². The van der Waals surface area contributed by atoms with Gasteiger partial charge in [0.15, 0.2) is 0 Å². The number of pyridine rings is 1. The molecule has 0 amide bonds. The maximum absolute atomic E-state index is 11.9. The number of rotatable bonds is 7. The highest BCUT2D eigenvalue weighted by atomic mass is 35.5. The zero-order valence-corrected chi connectivity index (χ0v) is 19.0. The van der Waals surface area contributed by atoms with Gasteiger partial charge in [-0.05, 0) is 41.3 Å². The second-order valence-electron chi connectivity index (χ2n) is 7.63. The molecule has 2 aromatic heterocycles. The second kappa shape index (κ2) is 9.83. The van der Waals surface area contributed by atoms with E-state index in [2.05, 4.69) is 10.1 Å². The zero-order chi connectivity index (χ0) is 23.4. The van der Waals surface area contributed by atoms with Crippen LogP contribution in [0.25, 0.3) is 22.3 Å². The van der Waals surface area contributed by atoms with Crippen LogP contribution in [0.2, 0.25) is 0 Å². The Morgan fingerprint density at radius 2 is 1.82 bits per heavy atom. The molecule has 1 atom stereocenters. The maximum atomic E-state index is 11.9. The second-order valence-corrected chi connectivity index (χ2v) is 7.95. The van der Waals surface area contributed by atoms with Gasteiger partial charge in [0.2, 0.25) is 0 Å². The van der Waals surface area contributed by atoms with Gasteiger partial charge in [-0.2, -0.15) is 9.78 Å². The number of methoxy groups -OCH3 is 1. The number of aromatic nitrogens is 3. The van der Waals surface area contributed by atoms with Crippen molar-refractivity contribution in [3.8, 4) is 17.0 Å². The number of fused-ring (bicyclic) bond motifs is 1. The van der Waals surface area contributed by atoms with Crippen LogP contribution in [0.5, 0.6) is 5.75 Å². The van der Waals surface area contributed by atoms with Crippen LogP contribution in [0.4, 0.5) is 4.79 Å². The SMILES string of the molecule is COC(=O)CC(C)c1ccc(OCc2cnc3c(-c4ccccc4)nn(C(=O)Cl)c3c2)cc1. The third kappa shape index (κ3) is 5.04. The lowest BCUT2D eigenvalue weighted by molar-refractivity contribution is -0.140. The molecule has 0 N–H and O–H groups in total. The van der Waals surface area contributed by atoms with Crippen LogP contribution in [0, 0.1) is 0 Å². The number of esters is 1. The summed E-state index contributed by atoms with van der Waals surface area (Å²) < 4.78 is 11.8. The first kappa shape index (κ1) is 22.5. The highest BCUT2D eigenvalue weighted by Crippen LogP contribution is 2.28. The monoisotopic (exact) mass is 463 g/mol. The summed E-state index contributed by atoms with van der Waals surface area (Å²) in [6, 6.07) is 18.9. The third-order valence-electron chi connectivity index (χ3n) is 5.35. The number of ether oxygens (including phenoxy) is 2. The molecule has 0 saturated heterocycles. The van der Waals surface area contributed by atoms with Crippen LogP contribution in [0.3, 0.4) is 0 Å². The summed E-state index contributed by atoms with van der Waals surface area (Å²) in [7, 11) is 1.39. The van der Waals surface area contributed by atoms with Crippen LogP contribution in [0.15, 0.2) is 66.9 Å². The maximum Gasteiger partial charge on any atom is 0.341 e. The van der Waals surface area contributed by atoms with E-state index < -0.39 is 5.37 Å². The number of benzene rings is 2. The van der Waals surface area contributed by atoms with Crippen molar-refractivity contribution >= 4 is 34.0 Å². The largest absolute Gasteiger partial charge is 0.489 e. The van der Waals surface area contributed by atoms with E-state index in [0.717, 1.165) is 21.4 Å². The van der Waals surface area contributed by atoms with Crippen molar-refractivity contribution in [3.05, 3.63) is 78.0 Å². The van der Waals surface area contributed by atoms with E-state index in [4.69, 9.17) is 21.1 Å². The molecule has 2 heterocycles. The third-order valence-corrected chi connectivity index (χ3v) is 5.51. The van der Waals surface area contributed by atoms with E-state index >= 15 is 0 Å². The number of halogens is 1. The Bertz CT molecular complexity index is 1290. The van der Waals surface area contributed by atoms with Gasteiger partial charge in [0, 0.05) is 17.3 Å². The first-order chi connectivity index (χ1) is 16.0. The molecule has 7 nitrogen and oxygen atoms in total. The van der Waals surface area contributed by atoms with Gasteiger partial charge < -0.3 is 9.47 Å². The highest BCUT2D eigenvalue weighted by molar-refractivity contribution is 6.63. The summed E-state index contributed by atoms with van der Waals surface area (Å²) in [5.41, 5.74) is 4.32. The molecule has 0 aliphatic heterocycles. The van der Waals surface area contributed by atoms with Gasteiger partial charge in [-0.25, -0.2) is 0 Å². The molecule has 4 aromatic rings. The van der Waals surface area contributed by atoms with Gasteiger partial charge in [-0.15, -0.1) is 0 Å². The fraction of sp³-hybridized carbons (Fsp3) is 0.200. The molecule has 0 aliphatic rings. The molecule has 33 heavy (non-hydrogen) atoms. The van der Waals surface area contributed by atoms with E-state index in [-0.39, 0.29) is 18.5 Å². The minimum atomic E-state index is -0.710. The molecule has 0 radical (unpaired) electrons. The van der Waals surface area contributed by atoms with Gasteiger partial charge in [-0.3, -0.25) is 14.6 Å². The van der Waals surface area contributed by atoms with Gasteiger partial charge in [0.05, 0.1) is 19.0 Å². The minimum absolute atomic E-state index is 0.0466. The average molecular weight is 464 g/mol. The molecule has 0 bridgehead atoms. The lowest BCUT2D eigenvalue weighted by Crippen LogP contribution is -2.06. The normalized spacial score (nSPS) is 11.8. The standard InChI is InChI=1S/C25H22ClN3O4/c1-16(12-22(30)32-2)18-8-10-20(11-9-18)33-15-17-13-21-24(27-14-17)23(28-29(21)25(26)31)19-6-4-3-5-7-19/h3-11,13-14,16H,12,15H2,1-2H3. The lowest BCUT2D eigenvalue weighted by Gasteiger charge is -2.12. The van der Waals surface area contributed by atoms with E-state index in [0.29, 0.717) is 28.9 Å². The van der Waals surface area contributed by atoms with Crippen molar-refractivity contribution in [1.29, 1.82) is 0 Å². The fourth-order valence-electron chi connectivity index (χ4n) is 3.55. The molecule has 2 aromatic carbocycles. The quantitative estimate of drug-likeness (QED) is 0.264. The summed E-state index contributed by atoms with van der Waals surface area (Å²) >= 11 is 5.76. The first-order valence-electron chi connectivity index (χ1n) is 10.4. The first-order valence-corrected chi connectivity index (χ1v) is 10.8. The van der Waals surface area contributed by atoms with Crippen molar-refractivity contribution in [2.75, 3.05) is 7.11 Å². The van der Waals surface area contributed by atoms with E-state index in [1.54, 1.807) is 12.3 Å². The predicted octanol–water partition coefficient (Wildman–Crippen LogP) is 5.55. The average Bonchev–Trinajstić information content (AvgIpc) is 3.22. The van der Waals surface area contributed by atoms with Crippen molar-refractivity contribution in [1.82, 2.24) is 14.8 Å². The van der Waals surface area contributed by atoms with Crippen LogP contribution < -0.4 is 4.74 Å². The van der Waals surface area contributed by atoms with Crippen molar-refractivity contribution in [3.63, 3.8) is 0 Å². The van der Waals surface area contributed by atoms with Crippen LogP contribution in [-0.2, 0) is 16.1 Å². The van der Waals surface area contributed by atoms with E-state index in [1.165, 1.54) is 7.11 Å². The highest BCUT2D eigenvalue weighted by Gasteiger charge is 2.17. The molecule has 8 heteroatoms. The van der Waals surface area contributed by atoms with Gasteiger partial charge in [0.25, 0.3) is 0 Å². The fourth-order valence-corrected chi connectivity index (χ4v) is 3.68. The number of hydrogen-bond acceptors (Lipinski definition) is 6. The number of carbonyl (C=O) groups is 2. The minimum Gasteiger partial charge on any atom is -0.489 e. The number of hydrogen-bond donors (Lipinski definition) is 0. The van der Waals surface area contributed by atoms with Gasteiger partial charge in [-0.1, -0.05) is 49.4 Å². The molecular formula is C25H22ClN3O4.